The van der Waals surface area contributed by atoms with Crippen molar-refractivity contribution in [3.05, 3.63) is 34.3 Å². The standard InChI is InChI=1S/C14H17BrN2O4/c1-3-14(2,13(20)21)17-11(18)8-16-12(19)9-4-6-10(15)7-5-9/h4-7H,3,8H2,1-2H3,(H,16,19)(H,17,18)(H,20,21). The summed E-state index contributed by atoms with van der Waals surface area (Å²) in [4.78, 5) is 34.6. The van der Waals surface area contributed by atoms with Gasteiger partial charge in [-0.1, -0.05) is 22.9 Å². The molecule has 1 atom stereocenters. The van der Waals surface area contributed by atoms with E-state index in [1.807, 2.05) is 0 Å². The van der Waals surface area contributed by atoms with Crippen LogP contribution in [0, 0.1) is 0 Å². The van der Waals surface area contributed by atoms with E-state index >= 15 is 0 Å². The number of carbonyl (C=O) groups is 3. The van der Waals surface area contributed by atoms with Crippen LogP contribution in [0.3, 0.4) is 0 Å². The van der Waals surface area contributed by atoms with Gasteiger partial charge in [0.25, 0.3) is 5.91 Å². The van der Waals surface area contributed by atoms with Crippen molar-refractivity contribution in [2.24, 2.45) is 0 Å². The average molecular weight is 357 g/mol. The maximum atomic E-state index is 11.8. The lowest BCUT2D eigenvalue weighted by molar-refractivity contribution is -0.146. The number of nitrogens with one attached hydrogen (secondary N) is 2. The molecule has 6 nitrogen and oxygen atoms in total. The summed E-state index contributed by atoms with van der Waals surface area (Å²) in [5.41, 5.74) is -0.915. The van der Waals surface area contributed by atoms with Gasteiger partial charge in [0.15, 0.2) is 0 Å². The SMILES string of the molecule is CCC(C)(NC(=O)CNC(=O)c1ccc(Br)cc1)C(=O)O. The molecule has 0 spiro atoms. The number of hydrogen-bond acceptors (Lipinski definition) is 3. The Morgan fingerprint density at radius 1 is 1.24 bits per heavy atom. The fourth-order valence-electron chi connectivity index (χ4n) is 1.51. The second-order valence-corrected chi connectivity index (χ2v) is 5.64. The van der Waals surface area contributed by atoms with Crippen LogP contribution in [0.25, 0.3) is 0 Å². The van der Waals surface area contributed by atoms with E-state index in [2.05, 4.69) is 26.6 Å². The topological polar surface area (TPSA) is 95.5 Å². The van der Waals surface area contributed by atoms with E-state index in [0.29, 0.717) is 5.56 Å². The number of rotatable bonds is 6. The van der Waals surface area contributed by atoms with Crippen molar-refractivity contribution >= 4 is 33.7 Å². The summed E-state index contributed by atoms with van der Waals surface area (Å²) in [6.07, 6.45) is 0.245. The molecule has 0 aromatic heterocycles. The fraction of sp³-hybridized carbons (Fsp3) is 0.357. The van der Waals surface area contributed by atoms with Gasteiger partial charge in [-0.05, 0) is 37.6 Å². The molecule has 1 aromatic rings. The molecule has 0 heterocycles. The van der Waals surface area contributed by atoms with Crippen LogP contribution >= 0.6 is 15.9 Å². The Hall–Kier alpha value is -1.89. The van der Waals surface area contributed by atoms with Crippen molar-refractivity contribution < 1.29 is 19.5 Å². The van der Waals surface area contributed by atoms with Crippen LogP contribution in [0.5, 0.6) is 0 Å². The van der Waals surface area contributed by atoms with Crippen molar-refractivity contribution in [3.8, 4) is 0 Å². The molecule has 0 saturated heterocycles. The molecule has 3 N–H and O–H groups in total. The van der Waals surface area contributed by atoms with Gasteiger partial charge in [0.2, 0.25) is 5.91 Å². The number of carbonyl (C=O) groups excluding carboxylic acids is 2. The average Bonchev–Trinajstić information content (AvgIpc) is 2.45. The van der Waals surface area contributed by atoms with E-state index < -0.39 is 23.3 Å². The van der Waals surface area contributed by atoms with Crippen molar-refractivity contribution in [3.63, 3.8) is 0 Å². The first-order valence-electron chi connectivity index (χ1n) is 6.36. The van der Waals surface area contributed by atoms with Crippen LogP contribution in [0.1, 0.15) is 30.6 Å². The number of carboxylic acids is 1. The second-order valence-electron chi connectivity index (χ2n) is 4.73. The summed E-state index contributed by atoms with van der Waals surface area (Å²) in [5.74, 6) is -2.06. The maximum absolute atomic E-state index is 11.8. The second kappa shape index (κ2) is 7.21. The van der Waals surface area contributed by atoms with Crippen LogP contribution in [-0.4, -0.2) is 35.0 Å². The lowest BCUT2D eigenvalue weighted by Crippen LogP contribution is -2.54. The van der Waals surface area contributed by atoms with Gasteiger partial charge in [-0.15, -0.1) is 0 Å². The Morgan fingerprint density at radius 2 is 1.81 bits per heavy atom. The van der Waals surface area contributed by atoms with Crippen LogP contribution in [0.15, 0.2) is 28.7 Å². The van der Waals surface area contributed by atoms with Gasteiger partial charge in [0.1, 0.15) is 5.54 Å². The van der Waals surface area contributed by atoms with Crippen molar-refractivity contribution in [1.82, 2.24) is 10.6 Å². The normalized spacial score (nSPS) is 13.1. The van der Waals surface area contributed by atoms with Gasteiger partial charge in [0, 0.05) is 10.0 Å². The van der Waals surface area contributed by atoms with Crippen LogP contribution < -0.4 is 10.6 Å². The number of benzene rings is 1. The highest BCUT2D eigenvalue weighted by atomic mass is 79.9. The Kier molecular flexibility index (Phi) is 5.90. The number of hydrogen-bond donors (Lipinski definition) is 3. The minimum absolute atomic E-state index is 0.245. The van der Waals surface area contributed by atoms with Crippen molar-refractivity contribution in [2.75, 3.05) is 6.54 Å². The maximum Gasteiger partial charge on any atom is 0.329 e. The number of carboxylic acid groups (broad SMARTS) is 1. The zero-order valence-corrected chi connectivity index (χ0v) is 13.4. The molecule has 0 aliphatic carbocycles. The molecule has 0 fully saturated rings. The van der Waals surface area contributed by atoms with Gasteiger partial charge < -0.3 is 15.7 Å². The van der Waals surface area contributed by atoms with E-state index in [4.69, 9.17) is 5.11 Å². The first-order chi connectivity index (χ1) is 9.78. The van der Waals surface area contributed by atoms with Crippen molar-refractivity contribution in [2.45, 2.75) is 25.8 Å². The number of amides is 2. The zero-order valence-electron chi connectivity index (χ0n) is 11.8. The van der Waals surface area contributed by atoms with Crippen LogP contribution in [0.2, 0.25) is 0 Å². The van der Waals surface area contributed by atoms with Crippen LogP contribution in [0.4, 0.5) is 0 Å². The molecule has 1 unspecified atom stereocenters. The first kappa shape index (κ1) is 17.2. The molecule has 0 bridgehead atoms. The van der Waals surface area contributed by atoms with Gasteiger partial charge in [-0.3, -0.25) is 9.59 Å². The summed E-state index contributed by atoms with van der Waals surface area (Å²) in [5, 5.41) is 13.9. The highest BCUT2D eigenvalue weighted by Gasteiger charge is 2.32. The summed E-state index contributed by atoms with van der Waals surface area (Å²) in [7, 11) is 0. The van der Waals surface area contributed by atoms with E-state index in [1.165, 1.54) is 6.92 Å². The molecular formula is C14H17BrN2O4. The Bertz CT molecular complexity index is 544. The molecule has 114 valence electrons. The third-order valence-electron chi connectivity index (χ3n) is 3.11. The molecule has 7 heteroatoms. The van der Waals surface area contributed by atoms with E-state index in [9.17, 15) is 14.4 Å². The van der Waals surface area contributed by atoms with Gasteiger partial charge in [-0.25, -0.2) is 4.79 Å². The molecule has 0 radical (unpaired) electrons. The van der Waals surface area contributed by atoms with Gasteiger partial charge >= 0.3 is 5.97 Å². The molecule has 1 aromatic carbocycles. The summed E-state index contributed by atoms with van der Waals surface area (Å²) < 4.78 is 0.844. The molecule has 0 aliphatic rings. The third kappa shape index (κ3) is 4.86. The highest BCUT2D eigenvalue weighted by Crippen LogP contribution is 2.10. The predicted molar refractivity (Wildman–Crippen MR) is 80.9 cm³/mol. The molecule has 21 heavy (non-hydrogen) atoms. The molecule has 0 saturated carbocycles. The first-order valence-corrected chi connectivity index (χ1v) is 7.16. The number of aliphatic carboxylic acids is 1. The van der Waals surface area contributed by atoms with Gasteiger partial charge in [0.05, 0.1) is 6.54 Å². The minimum Gasteiger partial charge on any atom is -0.480 e. The van der Waals surface area contributed by atoms with E-state index in [0.717, 1.165) is 4.47 Å². The Morgan fingerprint density at radius 3 is 2.29 bits per heavy atom. The predicted octanol–water partition coefficient (Wildman–Crippen LogP) is 1.55. The Balaban J connectivity index is 2.55. The quantitative estimate of drug-likeness (QED) is 0.720. The molecule has 2 amide bonds. The van der Waals surface area contributed by atoms with Crippen molar-refractivity contribution in [1.29, 1.82) is 0 Å². The minimum atomic E-state index is -1.33. The summed E-state index contributed by atoms with van der Waals surface area (Å²) in [6.45, 7) is 2.80. The lowest BCUT2D eigenvalue weighted by Gasteiger charge is -2.24. The third-order valence-corrected chi connectivity index (χ3v) is 3.64. The zero-order chi connectivity index (χ0) is 16.0. The monoisotopic (exact) mass is 356 g/mol. The summed E-state index contributed by atoms with van der Waals surface area (Å²) >= 11 is 3.26. The molecular weight excluding hydrogens is 340 g/mol. The largest absolute Gasteiger partial charge is 0.480 e. The highest BCUT2D eigenvalue weighted by molar-refractivity contribution is 9.10. The molecule has 0 aliphatic heterocycles. The van der Waals surface area contributed by atoms with Gasteiger partial charge in [-0.2, -0.15) is 0 Å². The van der Waals surface area contributed by atoms with E-state index in [-0.39, 0.29) is 13.0 Å². The smallest absolute Gasteiger partial charge is 0.329 e. The fourth-order valence-corrected chi connectivity index (χ4v) is 1.77. The number of halogens is 1. The Labute approximate surface area is 131 Å². The summed E-state index contributed by atoms with van der Waals surface area (Å²) in [6, 6.07) is 6.66. The lowest BCUT2D eigenvalue weighted by atomic mass is 9.99. The van der Waals surface area contributed by atoms with Crippen LogP contribution in [-0.2, 0) is 9.59 Å². The molecule has 1 rings (SSSR count). The van der Waals surface area contributed by atoms with E-state index in [1.54, 1.807) is 31.2 Å².